The van der Waals surface area contributed by atoms with Crippen molar-refractivity contribution in [1.82, 2.24) is 4.98 Å². The highest BCUT2D eigenvalue weighted by Crippen LogP contribution is 2.37. The van der Waals surface area contributed by atoms with Gasteiger partial charge in [-0.3, -0.25) is 10.1 Å². The van der Waals surface area contributed by atoms with Crippen LogP contribution in [0.25, 0.3) is 10.2 Å². The monoisotopic (exact) mass is 382 g/mol. The summed E-state index contributed by atoms with van der Waals surface area (Å²) in [4.78, 5) is 18.4. The zero-order valence-electron chi connectivity index (χ0n) is 11.3. The Morgan fingerprint density at radius 2 is 2.10 bits per heavy atom. The maximum absolute atomic E-state index is 12.2. The Kier molecular flexibility index (Phi) is 3.97. The van der Waals surface area contributed by atoms with Gasteiger partial charge in [-0.1, -0.05) is 11.3 Å². The normalized spacial score (nSPS) is 10.8. The molecule has 0 atom stereocenters. The lowest BCUT2D eigenvalue weighted by Crippen LogP contribution is -2.09. The second-order valence-electron chi connectivity index (χ2n) is 4.31. The summed E-state index contributed by atoms with van der Waals surface area (Å²) in [6.07, 6.45) is 0. The molecule has 1 N–H and O–H groups in total. The lowest BCUT2D eigenvalue weighted by Gasteiger charge is -2.00. The van der Waals surface area contributed by atoms with Gasteiger partial charge in [0.15, 0.2) is 5.13 Å². The second-order valence-corrected chi connectivity index (χ2v) is 7.45. The molecule has 0 radical (unpaired) electrons. The van der Waals surface area contributed by atoms with Crippen molar-refractivity contribution >= 4 is 59.9 Å². The van der Waals surface area contributed by atoms with Crippen molar-refractivity contribution in [2.45, 2.75) is 6.92 Å². The van der Waals surface area contributed by atoms with Crippen LogP contribution in [0.3, 0.4) is 0 Å². The molecule has 0 bridgehead atoms. The highest BCUT2D eigenvalue weighted by atomic mass is 79.9. The molecule has 3 aromatic rings. The molecule has 0 fully saturated rings. The molecular formula is C14H11BrN2O2S2. The summed E-state index contributed by atoms with van der Waals surface area (Å²) in [6.45, 7) is 1.97. The Morgan fingerprint density at radius 1 is 1.29 bits per heavy atom. The zero-order chi connectivity index (χ0) is 15.0. The number of methoxy groups -OCH3 is 1. The summed E-state index contributed by atoms with van der Waals surface area (Å²) in [5, 5.41) is 3.40. The fourth-order valence-corrected chi connectivity index (χ4v) is 4.09. The van der Waals surface area contributed by atoms with Crippen LogP contribution in [0.2, 0.25) is 0 Å². The Balaban J connectivity index is 1.94. The van der Waals surface area contributed by atoms with Crippen LogP contribution < -0.4 is 10.1 Å². The number of thiophene rings is 1. The van der Waals surface area contributed by atoms with E-state index in [9.17, 15) is 4.79 Å². The fraction of sp³-hybridized carbons (Fsp3) is 0.143. The van der Waals surface area contributed by atoms with Crippen molar-refractivity contribution in [2.24, 2.45) is 0 Å². The molecule has 2 aromatic heterocycles. The minimum Gasteiger partial charge on any atom is -0.494 e. The molecule has 2 heterocycles. The largest absolute Gasteiger partial charge is 0.494 e. The van der Waals surface area contributed by atoms with E-state index < -0.39 is 0 Å². The predicted molar refractivity (Wildman–Crippen MR) is 90.9 cm³/mol. The van der Waals surface area contributed by atoms with Gasteiger partial charge in [0, 0.05) is 9.35 Å². The summed E-state index contributed by atoms with van der Waals surface area (Å²) in [5.41, 5.74) is 0.745. The molecule has 1 aromatic carbocycles. The van der Waals surface area contributed by atoms with Crippen molar-refractivity contribution in [3.63, 3.8) is 0 Å². The van der Waals surface area contributed by atoms with Crippen LogP contribution >= 0.6 is 38.6 Å². The molecule has 0 unspecified atom stereocenters. The lowest BCUT2D eigenvalue weighted by molar-refractivity contribution is 0.103. The van der Waals surface area contributed by atoms with Crippen LogP contribution in [0.4, 0.5) is 5.13 Å². The molecule has 3 rings (SSSR count). The fourth-order valence-electron chi connectivity index (χ4n) is 1.89. The van der Waals surface area contributed by atoms with Crippen molar-refractivity contribution < 1.29 is 9.53 Å². The van der Waals surface area contributed by atoms with Crippen molar-refractivity contribution in [3.05, 3.63) is 38.5 Å². The number of ether oxygens (including phenoxy) is 1. The first kappa shape index (κ1) is 14.5. The number of aromatic nitrogens is 1. The van der Waals surface area contributed by atoms with Gasteiger partial charge in [-0.15, -0.1) is 11.3 Å². The Bertz CT molecular complexity index is 826. The Labute approximate surface area is 137 Å². The first-order valence-corrected chi connectivity index (χ1v) is 8.52. The third kappa shape index (κ3) is 2.81. The standard InChI is InChI=1S/C14H11BrN2O2S2/c1-7-3-6-10(20-7)13(18)17-14-16-11-9(19-2)5-4-8(15)12(11)21-14/h3-6H,1-2H3,(H,16,17,18). The van der Waals surface area contributed by atoms with Gasteiger partial charge in [0.2, 0.25) is 0 Å². The SMILES string of the molecule is COc1ccc(Br)c2sc(NC(=O)c3ccc(C)s3)nc12. The van der Waals surface area contributed by atoms with Crippen molar-refractivity contribution in [2.75, 3.05) is 12.4 Å². The van der Waals surface area contributed by atoms with E-state index in [1.165, 1.54) is 22.7 Å². The van der Waals surface area contributed by atoms with Crippen LogP contribution in [0, 0.1) is 6.92 Å². The summed E-state index contributed by atoms with van der Waals surface area (Å²) in [6, 6.07) is 7.50. The molecular weight excluding hydrogens is 372 g/mol. The third-order valence-corrected chi connectivity index (χ3v) is 5.79. The van der Waals surface area contributed by atoms with Gasteiger partial charge in [-0.2, -0.15) is 0 Å². The maximum atomic E-state index is 12.2. The zero-order valence-corrected chi connectivity index (χ0v) is 14.5. The van der Waals surface area contributed by atoms with Crippen LogP contribution in [0.5, 0.6) is 5.75 Å². The molecule has 0 spiro atoms. The van der Waals surface area contributed by atoms with E-state index >= 15 is 0 Å². The van der Waals surface area contributed by atoms with Crippen LogP contribution in [0.15, 0.2) is 28.7 Å². The maximum Gasteiger partial charge on any atom is 0.267 e. The molecule has 0 saturated carbocycles. The summed E-state index contributed by atoms with van der Waals surface area (Å²) >= 11 is 6.37. The van der Waals surface area contributed by atoms with E-state index in [2.05, 4.69) is 26.2 Å². The second kappa shape index (κ2) is 5.75. The third-order valence-electron chi connectivity index (χ3n) is 2.86. The highest BCUT2D eigenvalue weighted by Gasteiger charge is 2.15. The van der Waals surface area contributed by atoms with Crippen LogP contribution in [-0.4, -0.2) is 18.0 Å². The molecule has 0 aliphatic carbocycles. The summed E-state index contributed by atoms with van der Waals surface area (Å²) in [7, 11) is 1.61. The van der Waals surface area contributed by atoms with E-state index in [0.29, 0.717) is 15.8 Å². The van der Waals surface area contributed by atoms with E-state index in [1.807, 2.05) is 31.2 Å². The summed E-state index contributed by atoms with van der Waals surface area (Å²) < 4.78 is 7.19. The van der Waals surface area contributed by atoms with E-state index in [0.717, 1.165) is 19.6 Å². The molecule has 4 nitrogen and oxygen atoms in total. The number of nitrogens with one attached hydrogen (secondary N) is 1. The number of thiazole rings is 1. The van der Waals surface area contributed by atoms with Gasteiger partial charge in [-0.05, 0) is 47.1 Å². The number of carbonyl (C=O) groups is 1. The number of aryl methyl sites for hydroxylation is 1. The molecule has 0 aliphatic rings. The average molecular weight is 383 g/mol. The van der Waals surface area contributed by atoms with Gasteiger partial charge in [0.1, 0.15) is 11.3 Å². The van der Waals surface area contributed by atoms with Gasteiger partial charge in [0.05, 0.1) is 16.7 Å². The number of anilines is 1. The van der Waals surface area contributed by atoms with Gasteiger partial charge < -0.3 is 4.74 Å². The molecule has 21 heavy (non-hydrogen) atoms. The number of fused-ring (bicyclic) bond motifs is 1. The number of carbonyl (C=O) groups excluding carboxylic acids is 1. The van der Waals surface area contributed by atoms with Crippen LogP contribution in [0.1, 0.15) is 14.5 Å². The minimum atomic E-state index is -0.137. The lowest BCUT2D eigenvalue weighted by atomic mass is 10.3. The highest BCUT2D eigenvalue weighted by molar-refractivity contribution is 9.10. The first-order chi connectivity index (χ1) is 10.1. The van der Waals surface area contributed by atoms with Gasteiger partial charge in [0.25, 0.3) is 5.91 Å². The first-order valence-electron chi connectivity index (χ1n) is 6.09. The number of rotatable bonds is 3. The van der Waals surface area contributed by atoms with Crippen LogP contribution in [-0.2, 0) is 0 Å². The number of hydrogen-bond acceptors (Lipinski definition) is 5. The Hall–Kier alpha value is -1.44. The molecule has 0 saturated heterocycles. The van der Waals surface area contributed by atoms with Gasteiger partial charge >= 0.3 is 0 Å². The summed E-state index contributed by atoms with van der Waals surface area (Å²) in [5.74, 6) is 0.555. The number of hydrogen-bond donors (Lipinski definition) is 1. The molecule has 1 amide bonds. The average Bonchev–Trinajstić information content (AvgIpc) is 3.06. The van der Waals surface area contributed by atoms with E-state index in [4.69, 9.17) is 4.74 Å². The predicted octanol–water partition coefficient (Wildman–Crippen LogP) is 4.69. The smallest absolute Gasteiger partial charge is 0.267 e. The quantitative estimate of drug-likeness (QED) is 0.714. The molecule has 108 valence electrons. The molecule has 7 heteroatoms. The number of halogens is 1. The Morgan fingerprint density at radius 3 is 2.76 bits per heavy atom. The topological polar surface area (TPSA) is 51.2 Å². The minimum absolute atomic E-state index is 0.137. The van der Waals surface area contributed by atoms with E-state index in [1.54, 1.807) is 7.11 Å². The van der Waals surface area contributed by atoms with Gasteiger partial charge in [-0.25, -0.2) is 4.98 Å². The number of benzene rings is 1. The van der Waals surface area contributed by atoms with Crippen molar-refractivity contribution in [1.29, 1.82) is 0 Å². The van der Waals surface area contributed by atoms with Crippen molar-refractivity contribution in [3.8, 4) is 5.75 Å². The number of nitrogens with zero attached hydrogens (tertiary/aromatic N) is 1. The molecule has 0 aliphatic heterocycles. The van der Waals surface area contributed by atoms with E-state index in [-0.39, 0.29) is 5.91 Å². The number of amides is 1.